The molecular weight excluding hydrogens is 326 g/mol. The van der Waals surface area contributed by atoms with Crippen LogP contribution in [0.1, 0.15) is 47.0 Å². The Morgan fingerprint density at radius 1 is 1.54 bits per heavy atom. The zero-order valence-corrected chi connectivity index (χ0v) is 15.1. The highest BCUT2D eigenvalue weighted by molar-refractivity contribution is 7.05. The van der Waals surface area contributed by atoms with E-state index < -0.39 is 0 Å². The Balaban J connectivity index is 1.54. The standard InChI is InChI=1S/C15H23N7OS/c1-10-7-13(18-24-10)15(23)16-8-12-5-4-6-22(9-12)11(2)14-17-19-20-21(14)3/h7,11-12H,4-6,8-9H2,1-3H3,(H,16,23). The average molecular weight is 349 g/mol. The summed E-state index contributed by atoms with van der Waals surface area (Å²) in [5.74, 6) is 1.23. The van der Waals surface area contributed by atoms with Gasteiger partial charge in [-0.3, -0.25) is 9.69 Å². The number of nitrogens with one attached hydrogen (secondary N) is 1. The second kappa shape index (κ2) is 7.35. The van der Waals surface area contributed by atoms with Crippen LogP contribution in [0.25, 0.3) is 0 Å². The number of hydrogen-bond acceptors (Lipinski definition) is 7. The molecule has 1 amide bonds. The van der Waals surface area contributed by atoms with E-state index in [2.05, 4.69) is 37.0 Å². The number of aryl methyl sites for hydroxylation is 2. The molecule has 2 aromatic rings. The van der Waals surface area contributed by atoms with Gasteiger partial charge in [-0.2, -0.15) is 4.37 Å². The SMILES string of the molecule is Cc1cc(C(=O)NCC2CCCN(C(C)c3nnnn3C)C2)ns1. The molecule has 2 unspecified atom stereocenters. The predicted octanol–water partition coefficient (Wildman–Crippen LogP) is 1.18. The Labute approximate surface area is 145 Å². The van der Waals surface area contributed by atoms with Crippen LogP contribution in [-0.2, 0) is 7.05 Å². The number of amides is 1. The fourth-order valence-electron chi connectivity index (χ4n) is 3.17. The Kier molecular flexibility index (Phi) is 5.20. The van der Waals surface area contributed by atoms with E-state index in [9.17, 15) is 4.79 Å². The third-order valence-electron chi connectivity index (χ3n) is 4.54. The maximum absolute atomic E-state index is 12.1. The van der Waals surface area contributed by atoms with Gasteiger partial charge in [0.1, 0.15) is 5.69 Å². The monoisotopic (exact) mass is 349 g/mol. The van der Waals surface area contributed by atoms with Gasteiger partial charge in [-0.25, -0.2) is 4.68 Å². The molecule has 0 spiro atoms. The second-order valence-electron chi connectivity index (χ2n) is 6.37. The lowest BCUT2D eigenvalue weighted by Gasteiger charge is -2.36. The summed E-state index contributed by atoms with van der Waals surface area (Å²) in [4.78, 5) is 15.6. The highest BCUT2D eigenvalue weighted by atomic mass is 32.1. The fourth-order valence-corrected chi connectivity index (χ4v) is 3.71. The van der Waals surface area contributed by atoms with Crippen molar-refractivity contribution in [3.8, 4) is 0 Å². The summed E-state index contributed by atoms with van der Waals surface area (Å²) in [5, 5.41) is 14.8. The molecule has 0 aromatic carbocycles. The summed E-state index contributed by atoms with van der Waals surface area (Å²) in [7, 11) is 1.86. The Bertz CT molecular complexity index is 698. The van der Waals surface area contributed by atoms with Crippen LogP contribution in [0.5, 0.6) is 0 Å². The minimum Gasteiger partial charge on any atom is -0.350 e. The van der Waals surface area contributed by atoms with Crippen LogP contribution in [0.15, 0.2) is 6.07 Å². The number of nitrogens with zero attached hydrogens (tertiary/aromatic N) is 6. The summed E-state index contributed by atoms with van der Waals surface area (Å²) in [6, 6.07) is 2.00. The van der Waals surface area contributed by atoms with Crippen molar-refractivity contribution in [1.29, 1.82) is 0 Å². The van der Waals surface area contributed by atoms with Crippen LogP contribution < -0.4 is 5.32 Å². The third kappa shape index (κ3) is 3.78. The zero-order chi connectivity index (χ0) is 17.1. The summed E-state index contributed by atoms with van der Waals surface area (Å²) in [6.45, 7) is 6.73. The van der Waals surface area contributed by atoms with Crippen LogP contribution in [0.3, 0.4) is 0 Å². The maximum atomic E-state index is 12.1. The topological polar surface area (TPSA) is 88.8 Å². The molecule has 8 nitrogen and oxygen atoms in total. The first kappa shape index (κ1) is 17.0. The molecule has 2 aromatic heterocycles. The zero-order valence-electron chi connectivity index (χ0n) is 14.3. The second-order valence-corrected chi connectivity index (χ2v) is 7.38. The van der Waals surface area contributed by atoms with Gasteiger partial charge < -0.3 is 5.32 Å². The first-order valence-electron chi connectivity index (χ1n) is 8.22. The number of rotatable bonds is 5. The number of likely N-dealkylation sites (tertiary alicyclic amines) is 1. The Hall–Kier alpha value is -1.87. The number of carbonyl (C=O) groups excluding carboxylic acids is 1. The van der Waals surface area contributed by atoms with Crippen LogP contribution in [0.4, 0.5) is 0 Å². The fraction of sp³-hybridized carbons (Fsp3) is 0.667. The van der Waals surface area contributed by atoms with E-state index in [1.165, 1.54) is 11.5 Å². The molecule has 0 aliphatic carbocycles. The highest BCUT2D eigenvalue weighted by Gasteiger charge is 2.27. The van der Waals surface area contributed by atoms with Crippen molar-refractivity contribution in [3.63, 3.8) is 0 Å². The molecule has 0 saturated carbocycles. The van der Waals surface area contributed by atoms with E-state index in [0.29, 0.717) is 18.2 Å². The average Bonchev–Trinajstić information content (AvgIpc) is 3.20. The Morgan fingerprint density at radius 2 is 2.38 bits per heavy atom. The Morgan fingerprint density at radius 3 is 3.04 bits per heavy atom. The molecule has 0 radical (unpaired) electrons. The molecule has 0 bridgehead atoms. The third-order valence-corrected chi connectivity index (χ3v) is 5.23. The molecule has 3 heterocycles. The van der Waals surface area contributed by atoms with Gasteiger partial charge in [-0.05, 0) is 67.2 Å². The molecule has 1 aliphatic rings. The van der Waals surface area contributed by atoms with Crippen molar-refractivity contribution in [3.05, 3.63) is 22.5 Å². The highest BCUT2D eigenvalue weighted by Crippen LogP contribution is 2.24. The first-order valence-corrected chi connectivity index (χ1v) is 8.99. The molecule has 1 N–H and O–H groups in total. The van der Waals surface area contributed by atoms with Gasteiger partial charge in [0.15, 0.2) is 5.82 Å². The van der Waals surface area contributed by atoms with E-state index in [1.54, 1.807) is 4.68 Å². The van der Waals surface area contributed by atoms with E-state index in [-0.39, 0.29) is 11.9 Å². The summed E-state index contributed by atoms with van der Waals surface area (Å²) in [6.07, 6.45) is 2.24. The van der Waals surface area contributed by atoms with Gasteiger partial charge in [0.05, 0.1) is 6.04 Å². The first-order chi connectivity index (χ1) is 11.5. The van der Waals surface area contributed by atoms with Gasteiger partial charge in [-0.1, -0.05) is 0 Å². The van der Waals surface area contributed by atoms with Crippen molar-refractivity contribution in [1.82, 2.24) is 34.8 Å². The molecule has 3 rings (SSSR count). The van der Waals surface area contributed by atoms with Crippen LogP contribution in [0.2, 0.25) is 0 Å². The summed E-state index contributed by atoms with van der Waals surface area (Å²) in [5.41, 5.74) is 0.517. The van der Waals surface area contributed by atoms with Gasteiger partial charge in [0.25, 0.3) is 5.91 Å². The van der Waals surface area contributed by atoms with Crippen molar-refractivity contribution >= 4 is 17.4 Å². The van der Waals surface area contributed by atoms with Gasteiger partial charge >= 0.3 is 0 Å². The smallest absolute Gasteiger partial charge is 0.271 e. The lowest BCUT2D eigenvalue weighted by atomic mass is 9.96. The number of aromatic nitrogens is 5. The van der Waals surface area contributed by atoms with E-state index in [0.717, 1.165) is 36.6 Å². The molecule has 1 fully saturated rings. The van der Waals surface area contributed by atoms with Gasteiger partial charge in [0.2, 0.25) is 0 Å². The molecule has 1 aliphatic heterocycles. The van der Waals surface area contributed by atoms with Crippen molar-refractivity contribution in [2.24, 2.45) is 13.0 Å². The molecule has 130 valence electrons. The number of piperidine rings is 1. The number of carbonyl (C=O) groups is 1. The summed E-state index contributed by atoms with van der Waals surface area (Å²) < 4.78 is 5.88. The quantitative estimate of drug-likeness (QED) is 0.872. The van der Waals surface area contributed by atoms with E-state index in [4.69, 9.17) is 0 Å². The maximum Gasteiger partial charge on any atom is 0.271 e. The molecule has 1 saturated heterocycles. The number of hydrogen-bond donors (Lipinski definition) is 1. The lowest BCUT2D eigenvalue weighted by molar-refractivity contribution is 0.0909. The van der Waals surface area contributed by atoms with Crippen LogP contribution in [-0.4, -0.2) is 55.0 Å². The van der Waals surface area contributed by atoms with E-state index in [1.807, 2.05) is 20.0 Å². The molecule has 24 heavy (non-hydrogen) atoms. The minimum atomic E-state index is -0.0815. The largest absolute Gasteiger partial charge is 0.350 e. The summed E-state index contributed by atoms with van der Waals surface area (Å²) >= 11 is 1.36. The molecular formula is C15H23N7OS. The van der Waals surface area contributed by atoms with Gasteiger partial charge in [0, 0.05) is 25.0 Å². The van der Waals surface area contributed by atoms with Crippen molar-refractivity contribution in [2.45, 2.75) is 32.7 Å². The minimum absolute atomic E-state index is 0.0815. The van der Waals surface area contributed by atoms with Crippen molar-refractivity contribution < 1.29 is 4.79 Å². The molecule has 9 heteroatoms. The molecule has 2 atom stereocenters. The normalized spacial score (nSPS) is 20.0. The lowest BCUT2D eigenvalue weighted by Crippen LogP contribution is -2.42. The predicted molar refractivity (Wildman–Crippen MR) is 90.7 cm³/mol. The number of tetrazole rings is 1. The van der Waals surface area contributed by atoms with Crippen molar-refractivity contribution in [2.75, 3.05) is 19.6 Å². The van der Waals surface area contributed by atoms with Crippen LogP contribution in [0, 0.1) is 12.8 Å². The van der Waals surface area contributed by atoms with Crippen LogP contribution >= 0.6 is 11.5 Å². The van der Waals surface area contributed by atoms with E-state index >= 15 is 0 Å². The van der Waals surface area contributed by atoms with Gasteiger partial charge in [-0.15, -0.1) is 5.10 Å².